The summed E-state index contributed by atoms with van der Waals surface area (Å²) in [4.78, 5) is 10.1. The molecule has 4 nitrogen and oxygen atoms in total. The Balaban J connectivity index is 3.43. The molecule has 0 aromatic carbocycles. The minimum atomic E-state index is -0.808. The highest BCUT2D eigenvalue weighted by atomic mass is 16.3. The fraction of sp³-hybridized carbons (Fsp3) is 0.833. The molecule has 60 valence electrons. The van der Waals surface area contributed by atoms with Gasteiger partial charge in [-0.15, -0.1) is 0 Å². The van der Waals surface area contributed by atoms with Gasteiger partial charge in [-0.3, -0.25) is 0 Å². The average Bonchev–Trinajstić information content (AvgIpc) is 1.58. The van der Waals surface area contributed by atoms with Crippen LogP contribution in [0, 0.1) is 5.92 Å². The molecule has 0 aliphatic rings. The van der Waals surface area contributed by atoms with Crippen LogP contribution >= 0.6 is 0 Å². The molecule has 0 radical (unpaired) electrons. The maximum atomic E-state index is 10.1. The highest BCUT2D eigenvalue weighted by molar-refractivity contribution is 5.71. The van der Waals surface area contributed by atoms with E-state index in [1.54, 1.807) is 0 Å². The summed E-state index contributed by atoms with van der Waals surface area (Å²) in [6.45, 7) is 3.90. The number of rotatable bonds is 3. The van der Waals surface area contributed by atoms with E-state index in [2.05, 4.69) is 5.32 Å². The van der Waals surface area contributed by atoms with E-state index in [0.717, 1.165) is 0 Å². The molecular formula is C6H14N2O2. The smallest absolute Gasteiger partial charge is 0.314 e. The number of aliphatic hydroxyl groups excluding tert-OH is 1. The lowest BCUT2D eigenvalue weighted by Gasteiger charge is -2.12. The van der Waals surface area contributed by atoms with Gasteiger partial charge >= 0.3 is 6.03 Å². The Morgan fingerprint density at radius 1 is 1.70 bits per heavy atom. The van der Waals surface area contributed by atoms with Crippen LogP contribution in [-0.2, 0) is 0 Å². The van der Waals surface area contributed by atoms with E-state index < -0.39 is 12.3 Å². The number of primary amides is 1. The van der Waals surface area contributed by atoms with Gasteiger partial charge in [-0.05, 0) is 12.3 Å². The van der Waals surface area contributed by atoms with Gasteiger partial charge in [0.1, 0.15) is 6.23 Å². The zero-order valence-electron chi connectivity index (χ0n) is 6.29. The molecule has 4 heteroatoms. The number of hydrogen-bond donors (Lipinski definition) is 3. The lowest BCUT2D eigenvalue weighted by atomic mass is 10.1. The highest BCUT2D eigenvalue weighted by Crippen LogP contribution is 2.00. The summed E-state index contributed by atoms with van der Waals surface area (Å²) >= 11 is 0. The predicted molar refractivity (Wildman–Crippen MR) is 38.2 cm³/mol. The molecule has 0 aromatic heterocycles. The second kappa shape index (κ2) is 4.11. The normalized spacial score (nSPS) is 13.2. The van der Waals surface area contributed by atoms with Crippen LogP contribution in [0.25, 0.3) is 0 Å². The molecule has 0 saturated heterocycles. The van der Waals surface area contributed by atoms with Gasteiger partial charge in [0.15, 0.2) is 0 Å². The highest BCUT2D eigenvalue weighted by Gasteiger charge is 2.06. The van der Waals surface area contributed by atoms with Crippen LogP contribution in [0.4, 0.5) is 4.79 Å². The fourth-order valence-corrected chi connectivity index (χ4v) is 0.670. The molecule has 1 atom stereocenters. The number of amides is 2. The lowest BCUT2D eigenvalue weighted by molar-refractivity contribution is 0.122. The van der Waals surface area contributed by atoms with E-state index >= 15 is 0 Å². The van der Waals surface area contributed by atoms with Gasteiger partial charge in [0.05, 0.1) is 0 Å². The van der Waals surface area contributed by atoms with Gasteiger partial charge < -0.3 is 16.2 Å². The molecule has 10 heavy (non-hydrogen) atoms. The average molecular weight is 146 g/mol. The molecule has 4 N–H and O–H groups in total. The minimum Gasteiger partial charge on any atom is -0.374 e. The largest absolute Gasteiger partial charge is 0.374 e. The van der Waals surface area contributed by atoms with Crippen molar-refractivity contribution in [1.29, 1.82) is 0 Å². The van der Waals surface area contributed by atoms with Gasteiger partial charge in [-0.1, -0.05) is 13.8 Å². The number of urea groups is 1. The van der Waals surface area contributed by atoms with Crippen molar-refractivity contribution in [3.63, 3.8) is 0 Å². The van der Waals surface area contributed by atoms with Crippen molar-refractivity contribution in [1.82, 2.24) is 5.32 Å². The van der Waals surface area contributed by atoms with Gasteiger partial charge in [0.25, 0.3) is 0 Å². The Kier molecular flexibility index (Phi) is 3.79. The number of aliphatic hydroxyl groups is 1. The second-order valence-electron chi connectivity index (χ2n) is 2.65. The van der Waals surface area contributed by atoms with Gasteiger partial charge in [-0.25, -0.2) is 4.79 Å². The van der Waals surface area contributed by atoms with Crippen molar-refractivity contribution in [3.8, 4) is 0 Å². The summed E-state index contributed by atoms with van der Waals surface area (Å²) in [5.74, 6) is 0.349. The maximum absolute atomic E-state index is 10.1. The number of carbonyl (C=O) groups excluding carboxylic acids is 1. The molecule has 0 aliphatic carbocycles. The molecule has 0 aliphatic heterocycles. The van der Waals surface area contributed by atoms with Crippen molar-refractivity contribution in [2.24, 2.45) is 11.7 Å². The molecule has 0 rings (SSSR count). The maximum Gasteiger partial charge on any atom is 0.314 e. The van der Waals surface area contributed by atoms with E-state index in [1.165, 1.54) is 0 Å². The monoisotopic (exact) mass is 146 g/mol. The third kappa shape index (κ3) is 5.37. The van der Waals surface area contributed by atoms with Crippen molar-refractivity contribution in [2.75, 3.05) is 0 Å². The fourth-order valence-electron chi connectivity index (χ4n) is 0.670. The SMILES string of the molecule is CC(C)CC(O)NC(N)=O. The van der Waals surface area contributed by atoms with Crippen LogP contribution < -0.4 is 11.1 Å². The molecular weight excluding hydrogens is 132 g/mol. The van der Waals surface area contributed by atoms with Gasteiger partial charge in [0, 0.05) is 0 Å². The number of hydrogen-bond acceptors (Lipinski definition) is 2. The molecule has 0 heterocycles. The Bertz CT molecular complexity index is 114. The van der Waals surface area contributed by atoms with Crippen LogP contribution in [0.3, 0.4) is 0 Å². The number of carbonyl (C=O) groups is 1. The van der Waals surface area contributed by atoms with Crippen molar-refractivity contribution in [3.05, 3.63) is 0 Å². The molecule has 0 bridgehead atoms. The van der Waals surface area contributed by atoms with Gasteiger partial charge in [-0.2, -0.15) is 0 Å². The van der Waals surface area contributed by atoms with E-state index in [-0.39, 0.29) is 0 Å². The third-order valence-corrected chi connectivity index (χ3v) is 1.00. The van der Waals surface area contributed by atoms with Crippen LogP contribution in [0.5, 0.6) is 0 Å². The molecule has 1 unspecified atom stereocenters. The van der Waals surface area contributed by atoms with Gasteiger partial charge in [0.2, 0.25) is 0 Å². The molecule has 0 fully saturated rings. The van der Waals surface area contributed by atoms with Crippen molar-refractivity contribution >= 4 is 6.03 Å². The van der Waals surface area contributed by atoms with Crippen molar-refractivity contribution < 1.29 is 9.90 Å². The Labute approximate surface area is 60.4 Å². The first-order valence-corrected chi connectivity index (χ1v) is 3.26. The van der Waals surface area contributed by atoms with E-state index in [0.29, 0.717) is 12.3 Å². The number of nitrogens with one attached hydrogen (secondary N) is 1. The van der Waals surface area contributed by atoms with E-state index in [9.17, 15) is 4.79 Å². The summed E-state index contributed by atoms with van der Waals surface area (Å²) in [6.07, 6.45) is -0.277. The summed E-state index contributed by atoms with van der Waals surface area (Å²) in [7, 11) is 0. The zero-order valence-corrected chi connectivity index (χ0v) is 6.29. The molecule has 0 saturated carbocycles. The summed E-state index contributed by atoms with van der Waals surface area (Å²) < 4.78 is 0. The molecule has 0 aromatic rings. The van der Waals surface area contributed by atoms with E-state index in [1.807, 2.05) is 13.8 Å². The van der Waals surface area contributed by atoms with Crippen molar-refractivity contribution in [2.45, 2.75) is 26.5 Å². The first-order valence-electron chi connectivity index (χ1n) is 3.26. The molecule has 0 spiro atoms. The Morgan fingerprint density at radius 3 is 2.50 bits per heavy atom. The van der Waals surface area contributed by atoms with E-state index in [4.69, 9.17) is 10.8 Å². The molecule has 2 amide bonds. The first-order chi connectivity index (χ1) is 4.52. The topological polar surface area (TPSA) is 75.3 Å². The predicted octanol–water partition coefficient (Wildman–Crippen LogP) is 0.0192. The lowest BCUT2D eigenvalue weighted by Crippen LogP contribution is -2.39. The van der Waals surface area contributed by atoms with Crippen LogP contribution in [0.2, 0.25) is 0 Å². The second-order valence-corrected chi connectivity index (χ2v) is 2.65. The van der Waals surface area contributed by atoms with Crippen LogP contribution in [-0.4, -0.2) is 17.4 Å². The Hall–Kier alpha value is -0.770. The third-order valence-electron chi connectivity index (χ3n) is 1.00. The quantitative estimate of drug-likeness (QED) is 0.491. The first kappa shape index (κ1) is 9.23. The minimum absolute atomic E-state index is 0.349. The number of nitrogens with two attached hydrogens (primary N) is 1. The summed E-state index contributed by atoms with van der Waals surface area (Å²) in [5, 5.41) is 11.1. The zero-order chi connectivity index (χ0) is 8.15. The summed E-state index contributed by atoms with van der Waals surface area (Å²) in [5.41, 5.74) is 4.76. The van der Waals surface area contributed by atoms with Crippen LogP contribution in [0.15, 0.2) is 0 Å². The van der Waals surface area contributed by atoms with Crippen LogP contribution in [0.1, 0.15) is 20.3 Å². The Morgan fingerprint density at radius 2 is 2.20 bits per heavy atom. The summed E-state index contributed by atoms with van der Waals surface area (Å²) in [6, 6.07) is -0.687. The standard InChI is InChI=1S/C6H14N2O2/c1-4(2)3-5(9)8-6(7)10/h4-5,9H,3H2,1-2H3,(H3,7,8,10).